The summed E-state index contributed by atoms with van der Waals surface area (Å²) < 4.78 is 1.97. The van der Waals surface area contributed by atoms with Gasteiger partial charge in [0.05, 0.1) is 11.2 Å². The zero-order valence-electron chi connectivity index (χ0n) is 13.4. The highest BCUT2D eigenvalue weighted by Crippen LogP contribution is 2.24. The molecule has 3 rings (SSSR count). The maximum atomic E-state index is 12.8. The largest absolute Gasteiger partial charge is 0.342 e. The molecule has 0 aliphatic heterocycles. The molecule has 1 amide bonds. The highest BCUT2D eigenvalue weighted by Gasteiger charge is 2.21. The van der Waals surface area contributed by atoms with Crippen LogP contribution in [0.5, 0.6) is 0 Å². The van der Waals surface area contributed by atoms with Gasteiger partial charge >= 0.3 is 0 Å². The van der Waals surface area contributed by atoms with Gasteiger partial charge < -0.3 is 9.88 Å². The molecule has 0 fully saturated rings. The summed E-state index contributed by atoms with van der Waals surface area (Å²) in [5, 5.41) is 4.08. The van der Waals surface area contributed by atoms with Crippen molar-refractivity contribution < 1.29 is 4.79 Å². The fourth-order valence-electron chi connectivity index (χ4n) is 2.79. The first kappa shape index (κ1) is 15.3. The van der Waals surface area contributed by atoms with Crippen LogP contribution in [0.2, 0.25) is 0 Å². The first-order chi connectivity index (χ1) is 11.1. The number of nitrogens with zero attached hydrogens (tertiary/aromatic N) is 2. The van der Waals surface area contributed by atoms with E-state index in [-0.39, 0.29) is 11.9 Å². The first-order valence-corrected chi connectivity index (χ1v) is 7.92. The molecule has 4 nitrogen and oxygen atoms in total. The minimum atomic E-state index is -0.219. The Morgan fingerprint density at radius 3 is 2.61 bits per heavy atom. The van der Waals surface area contributed by atoms with Gasteiger partial charge in [-0.3, -0.25) is 9.78 Å². The molecule has 0 unspecified atom stereocenters. The second-order valence-electron chi connectivity index (χ2n) is 6.15. The number of carbonyl (C=O) groups excluding carboxylic acids is 1. The van der Waals surface area contributed by atoms with E-state index in [1.807, 2.05) is 59.4 Å². The van der Waals surface area contributed by atoms with Gasteiger partial charge in [-0.1, -0.05) is 32.0 Å². The van der Waals surface area contributed by atoms with Gasteiger partial charge in [0.2, 0.25) is 5.91 Å². The molecule has 1 N–H and O–H groups in total. The van der Waals surface area contributed by atoms with Crippen molar-refractivity contribution in [3.05, 3.63) is 61.1 Å². The first-order valence-electron chi connectivity index (χ1n) is 7.92. The van der Waals surface area contributed by atoms with Crippen LogP contribution in [0, 0.1) is 5.92 Å². The van der Waals surface area contributed by atoms with Crippen LogP contribution in [-0.2, 0) is 4.79 Å². The van der Waals surface area contributed by atoms with Crippen molar-refractivity contribution in [1.82, 2.24) is 9.55 Å². The number of anilines is 1. The number of para-hydroxylation sites is 1. The smallest absolute Gasteiger partial charge is 0.247 e. The Morgan fingerprint density at radius 1 is 1.13 bits per heavy atom. The van der Waals surface area contributed by atoms with Crippen molar-refractivity contribution in [2.24, 2.45) is 5.92 Å². The molecule has 0 aliphatic carbocycles. The van der Waals surface area contributed by atoms with Crippen molar-refractivity contribution in [3.63, 3.8) is 0 Å². The maximum absolute atomic E-state index is 12.8. The van der Waals surface area contributed by atoms with Crippen molar-refractivity contribution >= 4 is 22.5 Å². The molecule has 118 valence electrons. The SMILES string of the molecule is CC(C)C[C@@H](C(=O)Nc1cccc2cccnc12)n1cccc1. The number of benzene rings is 1. The number of nitrogens with one attached hydrogen (secondary N) is 1. The van der Waals surface area contributed by atoms with Crippen LogP contribution >= 0.6 is 0 Å². The van der Waals surface area contributed by atoms with Crippen molar-refractivity contribution in [1.29, 1.82) is 0 Å². The Hall–Kier alpha value is -2.62. The second-order valence-corrected chi connectivity index (χ2v) is 6.15. The zero-order chi connectivity index (χ0) is 16.2. The Morgan fingerprint density at radius 2 is 1.87 bits per heavy atom. The number of hydrogen-bond acceptors (Lipinski definition) is 2. The standard InChI is InChI=1S/C19H21N3O/c1-14(2)13-17(22-11-3-4-12-22)19(23)21-16-9-5-7-15-8-6-10-20-18(15)16/h3-12,14,17H,13H2,1-2H3,(H,21,23)/t17-/m0/s1. The third-order valence-electron chi connectivity index (χ3n) is 3.88. The van der Waals surface area contributed by atoms with Gasteiger partial charge in [-0.25, -0.2) is 0 Å². The molecule has 3 aromatic rings. The molecule has 0 spiro atoms. The summed E-state index contributed by atoms with van der Waals surface area (Å²) in [4.78, 5) is 17.2. The van der Waals surface area contributed by atoms with Gasteiger partial charge in [-0.2, -0.15) is 0 Å². The lowest BCUT2D eigenvalue weighted by molar-refractivity contribution is -0.119. The summed E-state index contributed by atoms with van der Waals surface area (Å²) in [6.45, 7) is 4.26. The molecule has 2 aromatic heterocycles. The van der Waals surface area contributed by atoms with E-state index in [9.17, 15) is 4.79 Å². The van der Waals surface area contributed by atoms with Gasteiger partial charge in [0.1, 0.15) is 6.04 Å². The molecule has 0 bridgehead atoms. The molecule has 0 radical (unpaired) electrons. The number of pyridine rings is 1. The van der Waals surface area contributed by atoms with Crippen LogP contribution in [0.3, 0.4) is 0 Å². The van der Waals surface area contributed by atoms with E-state index < -0.39 is 0 Å². The van der Waals surface area contributed by atoms with Gasteiger partial charge in [0.15, 0.2) is 0 Å². The number of hydrogen-bond donors (Lipinski definition) is 1. The average Bonchev–Trinajstić information content (AvgIpc) is 3.07. The minimum absolute atomic E-state index is 0.00643. The predicted molar refractivity (Wildman–Crippen MR) is 93.3 cm³/mol. The summed E-state index contributed by atoms with van der Waals surface area (Å²) in [5.74, 6) is 0.423. The fraction of sp³-hybridized carbons (Fsp3) is 0.263. The predicted octanol–water partition coefficient (Wildman–Crippen LogP) is 4.26. The molecule has 4 heteroatoms. The third-order valence-corrected chi connectivity index (χ3v) is 3.88. The summed E-state index contributed by atoms with van der Waals surface area (Å²) in [7, 11) is 0. The Labute approximate surface area is 136 Å². The molecule has 0 aliphatic rings. The van der Waals surface area contributed by atoms with Crippen LogP contribution < -0.4 is 5.32 Å². The summed E-state index contributed by atoms with van der Waals surface area (Å²) in [6, 6.07) is 13.4. The van der Waals surface area contributed by atoms with E-state index in [2.05, 4.69) is 24.1 Å². The molecule has 1 atom stereocenters. The average molecular weight is 307 g/mol. The van der Waals surface area contributed by atoms with Crippen molar-refractivity contribution in [2.75, 3.05) is 5.32 Å². The van der Waals surface area contributed by atoms with E-state index >= 15 is 0 Å². The Balaban J connectivity index is 1.89. The van der Waals surface area contributed by atoms with Crippen LogP contribution in [-0.4, -0.2) is 15.5 Å². The van der Waals surface area contributed by atoms with E-state index in [1.54, 1.807) is 6.20 Å². The Bertz CT molecular complexity index is 788. The quantitative estimate of drug-likeness (QED) is 0.765. The number of aromatic nitrogens is 2. The molecule has 0 saturated carbocycles. The van der Waals surface area contributed by atoms with Gasteiger partial charge in [0.25, 0.3) is 0 Å². The molecular formula is C19H21N3O. The minimum Gasteiger partial charge on any atom is -0.342 e. The second kappa shape index (κ2) is 6.65. The third kappa shape index (κ3) is 3.42. The molecule has 2 heterocycles. The van der Waals surface area contributed by atoms with E-state index in [0.29, 0.717) is 5.92 Å². The number of amides is 1. The highest BCUT2D eigenvalue weighted by atomic mass is 16.2. The lowest BCUT2D eigenvalue weighted by Crippen LogP contribution is -2.26. The van der Waals surface area contributed by atoms with Crippen molar-refractivity contribution in [3.8, 4) is 0 Å². The van der Waals surface area contributed by atoms with Crippen LogP contribution in [0.4, 0.5) is 5.69 Å². The molecular weight excluding hydrogens is 286 g/mol. The fourth-order valence-corrected chi connectivity index (χ4v) is 2.79. The zero-order valence-corrected chi connectivity index (χ0v) is 13.4. The maximum Gasteiger partial charge on any atom is 0.247 e. The number of carbonyl (C=O) groups is 1. The van der Waals surface area contributed by atoms with Crippen molar-refractivity contribution in [2.45, 2.75) is 26.3 Å². The van der Waals surface area contributed by atoms with Crippen LogP contribution in [0.25, 0.3) is 10.9 Å². The Kier molecular flexibility index (Phi) is 4.42. The molecule has 1 aromatic carbocycles. The lowest BCUT2D eigenvalue weighted by atomic mass is 10.0. The normalized spacial score (nSPS) is 12.5. The van der Waals surface area contributed by atoms with E-state index in [4.69, 9.17) is 0 Å². The van der Waals surface area contributed by atoms with Crippen LogP contribution in [0.15, 0.2) is 61.1 Å². The van der Waals surface area contributed by atoms with E-state index in [0.717, 1.165) is 23.0 Å². The summed E-state index contributed by atoms with van der Waals surface area (Å²) >= 11 is 0. The summed E-state index contributed by atoms with van der Waals surface area (Å²) in [5.41, 5.74) is 1.58. The van der Waals surface area contributed by atoms with E-state index in [1.165, 1.54) is 0 Å². The summed E-state index contributed by atoms with van der Waals surface area (Å²) in [6.07, 6.45) is 6.41. The molecule has 0 saturated heterocycles. The number of fused-ring (bicyclic) bond motifs is 1. The highest BCUT2D eigenvalue weighted by molar-refractivity contribution is 6.01. The van der Waals surface area contributed by atoms with Crippen LogP contribution in [0.1, 0.15) is 26.3 Å². The van der Waals surface area contributed by atoms with Gasteiger partial charge in [-0.15, -0.1) is 0 Å². The number of rotatable bonds is 5. The topological polar surface area (TPSA) is 46.9 Å². The van der Waals surface area contributed by atoms with Gasteiger partial charge in [0, 0.05) is 24.0 Å². The monoisotopic (exact) mass is 307 g/mol. The van der Waals surface area contributed by atoms with Gasteiger partial charge in [-0.05, 0) is 36.6 Å². The molecule has 23 heavy (non-hydrogen) atoms. The lowest BCUT2D eigenvalue weighted by Gasteiger charge is -2.20.